The van der Waals surface area contributed by atoms with Crippen molar-refractivity contribution in [1.29, 1.82) is 0 Å². The van der Waals surface area contributed by atoms with E-state index in [1.807, 2.05) is 24.5 Å². The van der Waals surface area contributed by atoms with Crippen molar-refractivity contribution in [2.24, 2.45) is 5.92 Å². The molecule has 126 valence electrons. The van der Waals surface area contributed by atoms with E-state index in [0.717, 1.165) is 49.2 Å². The first-order valence-corrected chi connectivity index (χ1v) is 8.81. The number of hydrogen-bond donors (Lipinski definition) is 1. The Morgan fingerprint density at radius 1 is 1.17 bits per heavy atom. The average Bonchev–Trinajstić information content (AvgIpc) is 3.08. The number of imidazole rings is 1. The van der Waals surface area contributed by atoms with Crippen molar-refractivity contribution in [1.82, 2.24) is 14.9 Å². The summed E-state index contributed by atoms with van der Waals surface area (Å²) in [7, 11) is 0. The second-order valence-electron chi connectivity index (χ2n) is 6.63. The molecule has 24 heavy (non-hydrogen) atoms. The van der Waals surface area contributed by atoms with Crippen LogP contribution in [0.15, 0.2) is 36.7 Å². The Kier molecular flexibility index (Phi) is 4.34. The number of ether oxygens (including phenoxy) is 1. The predicted octanol–water partition coefficient (Wildman–Crippen LogP) is 2.93. The van der Waals surface area contributed by atoms with Crippen LogP contribution in [0.3, 0.4) is 0 Å². The molecule has 0 unspecified atom stereocenters. The molecule has 1 aromatic carbocycles. The first-order chi connectivity index (χ1) is 11.8. The molecule has 0 saturated carbocycles. The van der Waals surface area contributed by atoms with Crippen LogP contribution in [0, 0.1) is 5.92 Å². The maximum Gasteiger partial charge on any atom is 0.223 e. The van der Waals surface area contributed by atoms with Crippen molar-refractivity contribution in [3.05, 3.63) is 42.4 Å². The zero-order valence-corrected chi connectivity index (χ0v) is 13.8. The molecule has 3 heterocycles. The minimum atomic E-state index is 0.0480. The van der Waals surface area contributed by atoms with Gasteiger partial charge >= 0.3 is 0 Å². The molecule has 0 radical (unpaired) electrons. The number of fused-ring (bicyclic) bond motifs is 1. The van der Waals surface area contributed by atoms with Crippen LogP contribution < -0.4 is 5.32 Å². The highest BCUT2D eigenvalue weighted by atomic mass is 16.5. The molecular weight excluding hydrogens is 302 g/mol. The zero-order valence-electron chi connectivity index (χ0n) is 13.8. The molecule has 1 amide bonds. The first-order valence-electron chi connectivity index (χ1n) is 8.81. The number of hydrogen-bond acceptors (Lipinski definition) is 3. The summed E-state index contributed by atoms with van der Waals surface area (Å²) in [6.45, 7) is 2.35. The van der Waals surface area contributed by atoms with Gasteiger partial charge < -0.3 is 14.6 Å². The largest absolute Gasteiger partial charge is 0.381 e. The third-order valence-electron chi connectivity index (χ3n) is 5.06. The third-order valence-corrected chi connectivity index (χ3v) is 5.06. The predicted molar refractivity (Wildman–Crippen MR) is 91.3 cm³/mol. The van der Waals surface area contributed by atoms with Gasteiger partial charge in [0.15, 0.2) is 0 Å². The fourth-order valence-corrected chi connectivity index (χ4v) is 3.75. The molecule has 0 aliphatic carbocycles. The normalized spacial score (nSPS) is 21.2. The molecule has 4 rings (SSSR count). The van der Waals surface area contributed by atoms with E-state index in [2.05, 4.69) is 27.0 Å². The molecule has 2 aliphatic heterocycles. The maximum absolute atomic E-state index is 12.6. The molecule has 1 fully saturated rings. The van der Waals surface area contributed by atoms with Crippen LogP contribution >= 0.6 is 0 Å². The van der Waals surface area contributed by atoms with E-state index in [1.165, 1.54) is 0 Å². The summed E-state index contributed by atoms with van der Waals surface area (Å²) in [5, 5.41) is 3.29. The summed E-state index contributed by atoms with van der Waals surface area (Å²) >= 11 is 0. The minimum Gasteiger partial charge on any atom is -0.381 e. The van der Waals surface area contributed by atoms with Gasteiger partial charge in [-0.25, -0.2) is 4.98 Å². The van der Waals surface area contributed by atoms with Crippen molar-refractivity contribution < 1.29 is 9.53 Å². The van der Waals surface area contributed by atoms with Gasteiger partial charge in [-0.15, -0.1) is 0 Å². The lowest BCUT2D eigenvalue weighted by atomic mass is 9.95. The number of carbonyl (C=O) groups excluding carboxylic acids is 1. The fraction of sp³-hybridized carbons (Fsp3) is 0.474. The number of amides is 1. The number of aryl methyl sites for hydroxylation is 1. The molecule has 5 heteroatoms. The van der Waals surface area contributed by atoms with Crippen LogP contribution in [0.4, 0.5) is 0 Å². The molecule has 1 aromatic heterocycles. The van der Waals surface area contributed by atoms with Crippen molar-refractivity contribution in [3.63, 3.8) is 0 Å². The fourth-order valence-electron chi connectivity index (χ4n) is 3.75. The van der Waals surface area contributed by atoms with Crippen molar-refractivity contribution in [3.8, 4) is 11.3 Å². The lowest BCUT2D eigenvalue weighted by molar-refractivity contribution is -0.128. The molecule has 1 atom stereocenters. The summed E-state index contributed by atoms with van der Waals surface area (Å²) in [5.41, 5.74) is 3.25. The summed E-state index contributed by atoms with van der Waals surface area (Å²) in [5.74, 6) is 0.245. The number of carbonyl (C=O) groups is 1. The van der Waals surface area contributed by atoms with Crippen LogP contribution in [0.1, 0.15) is 37.4 Å². The van der Waals surface area contributed by atoms with Crippen LogP contribution in [0.25, 0.3) is 11.3 Å². The molecule has 0 bridgehead atoms. The van der Waals surface area contributed by atoms with Crippen LogP contribution in [0.2, 0.25) is 0 Å². The van der Waals surface area contributed by atoms with Crippen LogP contribution in [-0.2, 0) is 16.1 Å². The summed E-state index contributed by atoms with van der Waals surface area (Å²) in [4.78, 5) is 17.3. The average molecular weight is 325 g/mol. The Hall–Kier alpha value is -2.14. The Labute approximate surface area is 142 Å². The van der Waals surface area contributed by atoms with Gasteiger partial charge in [-0.2, -0.15) is 0 Å². The lowest BCUT2D eigenvalue weighted by Crippen LogP contribution is -2.38. The zero-order chi connectivity index (χ0) is 16.4. The second-order valence-corrected chi connectivity index (χ2v) is 6.63. The number of benzene rings is 1. The standard InChI is InChI=1S/C19H23N3O2/c23-19(15-8-11-24-12-9-15)21-16-7-4-10-22-13-20-17(18(16)22)14-5-2-1-3-6-14/h1-3,5-6,13,15-16H,4,7-12H2,(H,21,23)/t16-/m1/s1. The van der Waals surface area contributed by atoms with Gasteiger partial charge in [0.2, 0.25) is 5.91 Å². The molecular formula is C19H23N3O2. The summed E-state index contributed by atoms with van der Waals surface area (Å²) in [6, 6.07) is 10.3. The topological polar surface area (TPSA) is 56.2 Å². The van der Waals surface area contributed by atoms with E-state index in [4.69, 9.17) is 4.74 Å². The SMILES string of the molecule is O=C(N[C@@H]1CCCn2cnc(-c3ccccc3)c21)C1CCOCC1. The highest BCUT2D eigenvalue weighted by Crippen LogP contribution is 2.33. The van der Waals surface area contributed by atoms with Gasteiger partial charge in [-0.1, -0.05) is 30.3 Å². The third kappa shape index (κ3) is 2.96. The van der Waals surface area contributed by atoms with Crippen LogP contribution in [0.5, 0.6) is 0 Å². The van der Waals surface area contributed by atoms with Crippen molar-refractivity contribution in [2.75, 3.05) is 13.2 Å². The summed E-state index contributed by atoms with van der Waals surface area (Å²) in [6.07, 6.45) is 5.59. The van der Waals surface area contributed by atoms with Crippen molar-refractivity contribution >= 4 is 5.91 Å². The Bertz CT molecular complexity index is 705. The van der Waals surface area contributed by atoms with E-state index in [0.29, 0.717) is 13.2 Å². The monoisotopic (exact) mass is 325 g/mol. The Balaban J connectivity index is 1.59. The molecule has 2 aromatic rings. The summed E-state index contributed by atoms with van der Waals surface area (Å²) < 4.78 is 7.56. The smallest absolute Gasteiger partial charge is 0.223 e. The lowest BCUT2D eigenvalue weighted by Gasteiger charge is -2.29. The van der Waals surface area contributed by atoms with Gasteiger partial charge in [0, 0.05) is 31.2 Å². The van der Waals surface area contributed by atoms with E-state index >= 15 is 0 Å². The van der Waals surface area contributed by atoms with Gasteiger partial charge in [-0.05, 0) is 25.7 Å². The minimum absolute atomic E-state index is 0.0480. The van der Waals surface area contributed by atoms with E-state index < -0.39 is 0 Å². The van der Waals surface area contributed by atoms with E-state index in [1.54, 1.807) is 0 Å². The Morgan fingerprint density at radius 3 is 2.75 bits per heavy atom. The number of nitrogens with zero attached hydrogens (tertiary/aromatic N) is 2. The van der Waals surface area contributed by atoms with E-state index in [9.17, 15) is 4.79 Å². The van der Waals surface area contributed by atoms with Crippen molar-refractivity contribution in [2.45, 2.75) is 38.3 Å². The highest BCUT2D eigenvalue weighted by molar-refractivity contribution is 5.79. The molecule has 0 spiro atoms. The second kappa shape index (κ2) is 6.77. The van der Waals surface area contributed by atoms with Gasteiger partial charge in [0.25, 0.3) is 0 Å². The van der Waals surface area contributed by atoms with Crippen LogP contribution in [-0.4, -0.2) is 28.7 Å². The molecule has 5 nitrogen and oxygen atoms in total. The first kappa shape index (κ1) is 15.4. The molecule has 2 aliphatic rings. The Morgan fingerprint density at radius 2 is 1.96 bits per heavy atom. The number of rotatable bonds is 3. The molecule has 1 N–H and O–H groups in total. The highest BCUT2D eigenvalue weighted by Gasteiger charge is 2.29. The number of nitrogens with one attached hydrogen (secondary N) is 1. The van der Waals surface area contributed by atoms with Gasteiger partial charge in [-0.3, -0.25) is 4.79 Å². The number of aromatic nitrogens is 2. The van der Waals surface area contributed by atoms with Gasteiger partial charge in [0.05, 0.1) is 23.8 Å². The van der Waals surface area contributed by atoms with E-state index in [-0.39, 0.29) is 17.9 Å². The quantitative estimate of drug-likeness (QED) is 0.944. The maximum atomic E-state index is 12.6. The molecule has 1 saturated heterocycles. The van der Waals surface area contributed by atoms with Gasteiger partial charge in [0.1, 0.15) is 0 Å².